The lowest BCUT2D eigenvalue weighted by Gasteiger charge is -2.23. The van der Waals surface area contributed by atoms with Crippen molar-refractivity contribution in [2.45, 2.75) is 90.1 Å². The van der Waals surface area contributed by atoms with E-state index in [0.29, 0.717) is 17.3 Å². The predicted octanol–water partition coefficient (Wildman–Crippen LogP) is 6.00. The summed E-state index contributed by atoms with van der Waals surface area (Å²) in [4.78, 5) is 28.1. The van der Waals surface area contributed by atoms with Crippen LogP contribution in [0, 0.1) is 5.92 Å². The number of hydrogen-bond acceptors (Lipinski definition) is 6. The number of rotatable bonds is 9. The number of carbonyl (C=O) groups excluding carboxylic acids is 1. The Labute approximate surface area is 189 Å². The summed E-state index contributed by atoms with van der Waals surface area (Å²) < 4.78 is 11.1. The summed E-state index contributed by atoms with van der Waals surface area (Å²) in [6.45, 7) is 5.57. The second-order valence-corrected chi connectivity index (χ2v) is 9.76. The molecule has 3 rings (SSSR count). The Morgan fingerprint density at radius 3 is 2.47 bits per heavy atom. The third-order valence-corrected chi connectivity index (χ3v) is 5.90. The molecular formula is C25H34N2O5. The van der Waals surface area contributed by atoms with Gasteiger partial charge in [-0.1, -0.05) is 62.2 Å². The topological polar surface area (TPSA) is 103 Å². The van der Waals surface area contributed by atoms with Gasteiger partial charge < -0.3 is 14.4 Å². The molecule has 32 heavy (non-hydrogen) atoms. The standard InChI is InChI=1S/C25H34N2O5/c1-25(2,3)31-21(28)16-20(11-7-10-17-8-5-4-6-9-17)23-26-22(27-32-23)18-12-14-19(15-13-18)24(29)30/h12-15,17,20H,4-11,16H2,1-3H3,(H,29,30)/t20-/m1/s1. The molecule has 1 atom stereocenters. The van der Waals surface area contributed by atoms with Gasteiger partial charge in [-0.2, -0.15) is 4.98 Å². The molecule has 1 aromatic heterocycles. The Morgan fingerprint density at radius 2 is 1.84 bits per heavy atom. The Morgan fingerprint density at radius 1 is 1.16 bits per heavy atom. The zero-order valence-electron chi connectivity index (χ0n) is 19.3. The van der Waals surface area contributed by atoms with E-state index in [1.807, 2.05) is 20.8 Å². The molecule has 0 unspecified atom stereocenters. The molecular weight excluding hydrogens is 408 g/mol. The molecule has 1 aliphatic rings. The minimum atomic E-state index is -0.985. The first-order valence-electron chi connectivity index (χ1n) is 11.6. The molecule has 1 saturated carbocycles. The van der Waals surface area contributed by atoms with Crippen molar-refractivity contribution in [3.63, 3.8) is 0 Å². The first-order valence-corrected chi connectivity index (χ1v) is 11.6. The monoisotopic (exact) mass is 442 g/mol. The summed E-state index contributed by atoms with van der Waals surface area (Å²) in [6, 6.07) is 6.33. The van der Waals surface area contributed by atoms with Crippen molar-refractivity contribution in [3.05, 3.63) is 35.7 Å². The normalized spacial score (nSPS) is 16.0. The molecule has 7 nitrogen and oxygen atoms in total. The number of nitrogens with zero attached hydrogens (tertiary/aromatic N) is 2. The van der Waals surface area contributed by atoms with Crippen LogP contribution in [0.15, 0.2) is 28.8 Å². The second-order valence-electron chi connectivity index (χ2n) is 9.76. The summed E-state index contributed by atoms with van der Waals surface area (Å²) in [5.74, 6) is 0.131. The van der Waals surface area contributed by atoms with E-state index in [4.69, 9.17) is 14.4 Å². The number of carboxylic acid groups (broad SMARTS) is 1. The number of hydrogen-bond donors (Lipinski definition) is 1. The molecule has 1 N–H and O–H groups in total. The van der Waals surface area contributed by atoms with E-state index in [9.17, 15) is 9.59 Å². The Bertz CT molecular complexity index is 892. The fourth-order valence-electron chi connectivity index (χ4n) is 4.31. The molecule has 1 heterocycles. The predicted molar refractivity (Wildman–Crippen MR) is 120 cm³/mol. The van der Waals surface area contributed by atoms with Gasteiger partial charge in [-0.3, -0.25) is 4.79 Å². The van der Waals surface area contributed by atoms with Gasteiger partial charge in [0.25, 0.3) is 0 Å². The number of carboxylic acids is 1. The molecule has 0 radical (unpaired) electrons. The van der Waals surface area contributed by atoms with E-state index in [2.05, 4.69) is 10.1 Å². The van der Waals surface area contributed by atoms with Crippen molar-refractivity contribution in [3.8, 4) is 11.4 Å². The number of benzene rings is 1. The SMILES string of the molecule is CC(C)(C)OC(=O)C[C@@H](CCCC1CCCCC1)c1nc(-c2ccc(C(=O)O)cc2)no1. The van der Waals surface area contributed by atoms with Gasteiger partial charge in [-0.15, -0.1) is 0 Å². The van der Waals surface area contributed by atoms with Gasteiger partial charge in [-0.25, -0.2) is 4.79 Å². The number of esters is 1. The number of aromatic carboxylic acids is 1. The third kappa shape index (κ3) is 7.18. The highest BCUT2D eigenvalue weighted by atomic mass is 16.6. The first kappa shape index (κ1) is 24.0. The van der Waals surface area contributed by atoms with Crippen LogP contribution >= 0.6 is 0 Å². The van der Waals surface area contributed by atoms with E-state index in [1.165, 1.54) is 44.2 Å². The van der Waals surface area contributed by atoms with Crippen LogP contribution in [0.1, 0.15) is 101 Å². The highest BCUT2D eigenvalue weighted by molar-refractivity contribution is 5.88. The fourth-order valence-corrected chi connectivity index (χ4v) is 4.31. The van der Waals surface area contributed by atoms with Crippen molar-refractivity contribution >= 4 is 11.9 Å². The minimum Gasteiger partial charge on any atom is -0.478 e. The van der Waals surface area contributed by atoms with Gasteiger partial charge in [-0.05, 0) is 45.2 Å². The van der Waals surface area contributed by atoms with Crippen LogP contribution in [-0.4, -0.2) is 32.8 Å². The van der Waals surface area contributed by atoms with Crippen molar-refractivity contribution in [1.29, 1.82) is 0 Å². The Balaban J connectivity index is 1.69. The smallest absolute Gasteiger partial charge is 0.335 e. The van der Waals surface area contributed by atoms with Crippen LogP contribution in [0.25, 0.3) is 11.4 Å². The zero-order valence-corrected chi connectivity index (χ0v) is 19.3. The maximum atomic E-state index is 12.5. The van der Waals surface area contributed by atoms with E-state index < -0.39 is 11.6 Å². The van der Waals surface area contributed by atoms with Crippen LogP contribution in [-0.2, 0) is 9.53 Å². The molecule has 1 aromatic carbocycles. The maximum absolute atomic E-state index is 12.5. The number of ether oxygens (including phenoxy) is 1. The molecule has 2 aromatic rings. The van der Waals surface area contributed by atoms with E-state index >= 15 is 0 Å². The van der Waals surface area contributed by atoms with E-state index in [-0.39, 0.29) is 23.9 Å². The summed E-state index contributed by atoms with van der Waals surface area (Å²) in [6.07, 6.45) is 9.72. The largest absolute Gasteiger partial charge is 0.478 e. The number of carbonyl (C=O) groups is 2. The zero-order chi connectivity index (χ0) is 23.1. The lowest BCUT2D eigenvalue weighted by atomic mass is 9.84. The van der Waals surface area contributed by atoms with Crippen LogP contribution < -0.4 is 0 Å². The lowest BCUT2D eigenvalue weighted by Crippen LogP contribution is -2.25. The van der Waals surface area contributed by atoms with E-state index in [0.717, 1.165) is 25.2 Å². The van der Waals surface area contributed by atoms with Crippen molar-refractivity contribution in [2.24, 2.45) is 5.92 Å². The number of aromatic nitrogens is 2. The summed E-state index contributed by atoms with van der Waals surface area (Å²) in [5.41, 5.74) is 0.321. The van der Waals surface area contributed by atoms with Crippen LogP contribution in [0.4, 0.5) is 0 Å². The lowest BCUT2D eigenvalue weighted by molar-refractivity contribution is -0.155. The minimum absolute atomic E-state index is 0.196. The molecule has 0 saturated heterocycles. The van der Waals surface area contributed by atoms with Gasteiger partial charge in [0.15, 0.2) is 0 Å². The maximum Gasteiger partial charge on any atom is 0.335 e. The van der Waals surface area contributed by atoms with Gasteiger partial charge in [0.2, 0.25) is 11.7 Å². The van der Waals surface area contributed by atoms with Gasteiger partial charge in [0, 0.05) is 11.5 Å². The van der Waals surface area contributed by atoms with Crippen molar-refractivity contribution in [2.75, 3.05) is 0 Å². The average Bonchev–Trinajstić information content (AvgIpc) is 3.23. The second kappa shape index (κ2) is 10.7. The van der Waals surface area contributed by atoms with Crippen molar-refractivity contribution < 1.29 is 24.0 Å². The first-order chi connectivity index (χ1) is 15.2. The van der Waals surface area contributed by atoms with Gasteiger partial charge in [0.05, 0.1) is 12.0 Å². The highest BCUT2D eigenvalue weighted by Gasteiger charge is 2.26. The van der Waals surface area contributed by atoms with Crippen LogP contribution in [0.3, 0.4) is 0 Å². The van der Waals surface area contributed by atoms with E-state index in [1.54, 1.807) is 12.1 Å². The Hall–Kier alpha value is -2.70. The molecule has 1 aliphatic carbocycles. The molecule has 0 spiro atoms. The molecule has 0 aliphatic heterocycles. The molecule has 0 amide bonds. The average molecular weight is 443 g/mol. The van der Waals surface area contributed by atoms with Gasteiger partial charge >= 0.3 is 11.9 Å². The molecule has 0 bridgehead atoms. The third-order valence-electron chi connectivity index (χ3n) is 5.90. The molecule has 7 heteroatoms. The summed E-state index contributed by atoms with van der Waals surface area (Å²) in [7, 11) is 0. The quantitative estimate of drug-likeness (QED) is 0.475. The Kier molecular flexibility index (Phi) is 8.04. The highest BCUT2D eigenvalue weighted by Crippen LogP contribution is 2.32. The van der Waals surface area contributed by atoms with Gasteiger partial charge in [0.1, 0.15) is 5.60 Å². The van der Waals surface area contributed by atoms with Crippen molar-refractivity contribution in [1.82, 2.24) is 10.1 Å². The summed E-state index contributed by atoms with van der Waals surface area (Å²) in [5, 5.41) is 13.1. The van der Waals surface area contributed by atoms with Crippen LogP contribution in [0.2, 0.25) is 0 Å². The fraction of sp³-hybridized carbons (Fsp3) is 0.600. The molecule has 174 valence electrons. The molecule has 1 fully saturated rings. The summed E-state index contributed by atoms with van der Waals surface area (Å²) >= 11 is 0. The van der Waals surface area contributed by atoms with Crippen LogP contribution in [0.5, 0.6) is 0 Å².